The third-order valence-electron chi connectivity index (χ3n) is 6.36. The molecule has 2 aromatic heterocycles. The molecule has 0 spiro atoms. The number of nitrogens with zero attached hydrogens (tertiary/aromatic N) is 4. The summed E-state index contributed by atoms with van der Waals surface area (Å²) in [5.74, 6) is 2.84. The number of nitrogens with one attached hydrogen (secondary N) is 1. The van der Waals surface area contributed by atoms with Gasteiger partial charge < -0.3 is 19.5 Å². The van der Waals surface area contributed by atoms with E-state index in [-0.39, 0.29) is 6.04 Å². The largest absolute Gasteiger partial charge is 0.493 e. The number of anilines is 1. The molecule has 4 heterocycles. The molecule has 6 rings (SSSR count). The zero-order valence-corrected chi connectivity index (χ0v) is 19.7. The molecule has 1 N–H and O–H groups in total. The normalized spacial score (nSPS) is 18.0. The van der Waals surface area contributed by atoms with Crippen molar-refractivity contribution in [3.8, 4) is 17.2 Å². The Balaban J connectivity index is 1.59. The highest BCUT2D eigenvalue weighted by Crippen LogP contribution is 2.51. The number of hydrogen-bond donors (Lipinski definition) is 1. The lowest BCUT2D eigenvalue weighted by atomic mass is 9.84. The minimum Gasteiger partial charge on any atom is -0.493 e. The number of benzene rings is 2. The highest BCUT2D eigenvalue weighted by atomic mass is 16.5. The zero-order valence-electron chi connectivity index (χ0n) is 19.7. The average Bonchev–Trinajstić information content (AvgIpc) is 3.36. The molecule has 0 saturated heterocycles. The fraction of sp³-hybridized carbons (Fsp3) is 0.222. The first-order valence-electron chi connectivity index (χ1n) is 11.6. The summed E-state index contributed by atoms with van der Waals surface area (Å²) in [4.78, 5) is 8.87. The Morgan fingerprint density at radius 1 is 1.09 bits per heavy atom. The van der Waals surface area contributed by atoms with E-state index >= 15 is 0 Å². The minimum absolute atomic E-state index is 0.256. The Hall–Kier alpha value is -4.33. The predicted molar refractivity (Wildman–Crippen MR) is 132 cm³/mol. The van der Waals surface area contributed by atoms with Crippen LogP contribution in [0.25, 0.3) is 5.70 Å². The maximum Gasteiger partial charge on any atom is 0.226 e. The summed E-state index contributed by atoms with van der Waals surface area (Å²) in [6.07, 6.45) is 4.80. The van der Waals surface area contributed by atoms with E-state index < -0.39 is 6.10 Å². The van der Waals surface area contributed by atoms with E-state index in [1.54, 1.807) is 19.6 Å². The number of aryl methyl sites for hydroxylation is 1. The Labute approximate surface area is 203 Å². The van der Waals surface area contributed by atoms with Gasteiger partial charge in [-0.25, -0.2) is 4.68 Å². The number of pyridine rings is 1. The minimum atomic E-state index is -0.403. The van der Waals surface area contributed by atoms with E-state index in [1.807, 2.05) is 48.1 Å². The van der Waals surface area contributed by atoms with E-state index in [0.29, 0.717) is 24.1 Å². The van der Waals surface area contributed by atoms with Gasteiger partial charge in [0.15, 0.2) is 11.5 Å². The van der Waals surface area contributed by atoms with Gasteiger partial charge in [0.2, 0.25) is 5.95 Å². The van der Waals surface area contributed by atoms with Gasteiger partial charge in [0.25, 0.3) is 0 Å². The molecule has 8 nitrogen and oxygen atoms in total. The summed E-state index contributed by atoms with van der Waals surface area (Å²) < 4.78 is 20.0. The first kappa shape index (κ1) is 21.2. The van der Waals surface area contributed by atoms with Crippen molar-refractivity contribution in [3.05, 3.63) is 95.1 Å². The number of rotatable bonds is 5. The molecule has 0 saturated carbocycles. The van der Waals surface area contributed by atoms with Crippen LogP contribution in [0, 0.1) is 6.92 Å². The molecule has 35 heavy (non-hydrogen) atoms. The van der Waals surface area contributed by atoms with E-state index in [0.717, 1.165) is 39.3 Å². The Kier molecular flexibility index (Phi) is 5.13. The topological polar surface area (TPSA) is 83.3 Å². The molecule has 2 atom stereocenters. The van der Waals surface area contributed by atoms with Gasteiger partial charge in [-0.1, -0.05) is 23.8 Å². The second-order valence-electron chi connectivity index (χ2n) is 8.51. The van der Waals surface area contributed by atoms with Crippen molar-refractivity contribution in [2.75, 3.05) is 19.0 Å². The third-order valence-corrected chi connectivity index (χ3v) is 6.36. The molecule has 176 valence electrons. The summed E-state index contributed by atoms with van der Waals surface area (Å²) in [6, 6.07) is 15.9. The Bertz CT molecular complexity index is 1430. The lowest BCUT2D eigenvalue weighted by molar-refractivity contribution is 0.222. The highest BCUT2D eigenvalue weighted by Gasteiger charge is 2.41. The maximum atomic E-state index is 6.71. The van der Waals surface area contributed by atoms with E-state index in [2.05, 4.69) is 45.5 Å². The third kappa shape index (κ3) is 3.49. The van der Waals surface area contributed by atoms with Gasteiger partial charge in [0.1, 0.15) is 24.2 Å². The van der Waals surface area contributed by atoms with E-state index in [1.165, 1.54) is 0 Å². The summed E-state index contributed by atoms with van der Waals surface area (Å²) >= 11 is 0. The van der Waals surface area contributed by atoms with Crippen LogP contribution in [-0.4, -0.2) is 33.5 Å². The van der Waals surface area contributed by atoms with Crippen LogP contribution in [-0.2, 0) is 0 Å². The molecular formula is C27H25N5O3. The zero-order chi connectivity index (χ0) is 23.9. The van der Waals surface area contributed by atoms with Gasteiger partial charge in [-0.3, -0.25) is 4.98 Å². The van der Waals surface area contributed by atoms with Crippen molar-refractivity contribution in [3.63, 3.8) is 0 Å². The molecular weight excluding hydrogens is 442 g/mol. The van der Waals surface area contributed by atoms with Crippen LogP contribution in [0.1, 0.15) is 41.3 Å². The quantitative estimate of drug-likeness (QED) is 0.445. The van der Waals surface area contributed by atoms with Crippen LogP contribution in [0.15, 0.2) is 72.8 Å². The lowest BCUT2D eigenvalue weighted by Crippen LogP contribution is -2.32. The number of ether oxygens (including phenoxy) is 3. The molecule has 0 unspecified atom stereocenters. The van der Waals surface area contributed by atoms with Gasteiger partial charge in [0, 0.05) is 29.1 Å². The monoisotopic (exact) mass is 467 g/mol. The summed E-state index contributed by atoms with van der Waals surface area (Å²) in [6.45, 7) is 4.59. The van der Waals surface area contributed by atoms with Crippen LogP contribution < -0.4 is 19.5 Å². The molecule has 2 aromatic carbocycles. The molecule has 0 amide bonds. The van der Waals surface area contributed by atoms with Crippen molar-refractivity contribution < 1.29 is 14.2 Å². The van der Waals surface area contributed by atoms with Crippen molar-refractivity contribution in [2.24, 2.45) is 0 Å². The van der Waals surface area contributed by atoms with Crippen LogP contribution in [0.2, 0.25) is 0 Å². The molecule has 2 aliphatic rings. The summed E-state index contributed by atoms with van der Waals surface area (Å²) in [5.41, 5.74) is 6.09. The van der Waals surface area contributed by atoms with Crippen molar-refractivity contribution in [1.29, 1.82) is 0 Å². The van der Waals surface area contributed by atoms with Crippen LogP contribution in [0.4, 0.5) is 5.95 Å². The Morgan fingerprint density at radius 2 is 2.00 bits per heavy atom. The second kappa shape index (κ2) is 8.47. The molecule has 0 bridgehead atoms. The molecule has 2 aliphatic heterocycles. The summed E-state index contributed by atoms with van der Waals surface area (Å²) in [5, 5.41) is 8.10. The Morgan fingerprint density at radius 3 is 2.80 bits per heavy atom. The van der Waals surface area contributed by atoms with Gasteiger partial charge in [-0.05, 0) is 49.7 Å². The van der Waals surface area contributed by atoms with Crippen LogP contribution in [0.5, 0.6) is 17.2 Å². The van der Waals surface area contributed by atoms with Gasteiger partial charge >= 0.3 is 0 Å². The highest BCUT2D eigenvalue weighted by molar-refractivity contribution is 5.85. The molecule has 8 heteroatoms. The van der Waals surface area contributed by atoms with Crippen LogP contribution >= 0.6 is 0 Å². The summed E-state index contributed by atoms with van der Waals surface area (Å²) in [7, 11) is 1.65. The van der Waals surface area contributed by atoms with Gasteiger partial charge in [0.05, 0.1) is 19.4 Å². The smallest absolute Gasteiger partial charge is 0.226 e. The van der Waals surface area contributed by atoms with Crippen molar-refractivity contribution in [1.82, 2.24) is 19.7 Å². The second-order valence-corrected chi connectivity index (χ2v) is 8.51. The molecule has 4 aromatic rings. The fourth-order valence-corrected chi connectivity index (χ4v) is 4.84. The fourth-order valence-electron chi connectivity index (χ4n) is 4.84. The van der Waals surface area contributed by atoms with Gasteiger partial charge in [-0.2, -0.15) is 10.1 Å². The standard InChI is InChI=1S/C27H25N5O3/c1-4-34-21-10-8-17(13-22(21)33-3)26-23-24(19-12-16(2)7-9-20(19)35-26)31-27-29-15-30-32(27)25(23)18-6-5-11-28-14-18/h5-15,25-26H,4H2,1-3H3,(H,29,30,31)/t25-,26+/m1/s1. The maximum absolute atomic E-state index is 6.71. The van der Waals surface area contributed by atoms with Crippen molar-refractivity contribution in [2.45, 2.75) is 26.0 Å². The molecule has 0 aliphatic carbocycles. The number of fused-ring (bicyclic) bond motifs is 3. The first-order chi connectivity index (χ1) is 17.2. The van der Waals surface area contributed by atoms with E-state index in [9.17, 15) is 0 Å². The molecule has 0 fully saturated rings. The molecule has 0 radical (unpaired) electrons. The predicted octanol–water partition coefficient (Wildman–Crippen LogP) is 4.95. The number of aromatic nitrogens is 4. The number of hydrogen-bond acceptors (Lipinski definition) is 7. The van der Waals surface area contributed by atoms with E-state index in [4.69, 9.17) is 14.2 Å². The SMILES string of the molecule is CCOc1ccc([C@@H]2Oc3ccc(C)cc3C3=C2[C@@H](c2cccnc2)n2ncnc2N3)cc1OC. The number of methoxy groups -OCH3 is 1. The van der Waals surface area contributed by atoms with Gasteiger partial charge in [-0.15, -0.1) is 0 Å². The van der Waals surface area contributed by atoms with Crippen molar-refractivity contribution >= 4 is 11.6 Å². The first-order valence-corrected chi connectivity index (χ1v) is 11.6. The lowest BCUT2D eigenvalue weighted by Gasteiger charge is -2.39. The average molecular weight is 468 g/mol. The van der Waals surface area contributed by atoms with Crippen LogP contribution in [0.3, 0.4) is 0 Å².